The van der Waals surface area contributed by atoms with Crippen LogP contribution in [0.3, 0.4) is 0 Å². The van der Waals surface area contributed by atoms with Gasteiger partial charge in [-0.05, 0) is 90.3 Å². The number of likely N-dealkylation sites (tertiary alicyclic amines) is 1. The van der Waals surface area contributed by atoms with Gasteiger partial charge in [-0.25, -0.2) is 4.39 Å². The van der Waals surface area contributed by atoms with Crippen molar-refractivity contribution in [1.29, 1.82) is 0 Å². The van der Waals surface area contributed by atoms with Crippen molar-refractivity contribution >= 4 is 28.4 Å². The van der Waals surface area contributed by atoms with Gasteiger partial charge in [-0.2, -0.15) is 0 Å². The van der Waals surface area contributed by atoms with E-state index in [2.05, 4.69) is 4.90 Å². The van der Waals surface area contributed by atoms with E-state index in [-0.39, 0.29) is 23.6 Å². The summed E-state index contributed by atoms with van der Waals surface area (Å²) in [7, 11) is 0. The number of allylic oxidation sites excluding steroid dienone is 1. The lowest BCUT2D eigenvalue weighted by Crippen LogP contribution is -2.26. The highest BCUT2D eigenvalue weighted by molar-refractivity contribution is 6.31. The SMILES string of the molecule is Nc1ccc2c(c1)CCCC(c1cccc(Cl)c1F)=C2c1ccc(OC2CCN(CCCF)C2)cc1. The van der Waals surface area contributed by atoms with Crippen LogP contribution in [0.5, 0.6) is 5.75 Å². The van der Waals surface area contributed by atoms with Crippen LogP contribution < -0.4 is 10.5 Å². The van der Waals surface area contributed by atoms with Gasteiger partial charge in [-0.15, -0.1) is 0 Å². The van der Waals surface area contributed by atoms with Crippen molar-refractivity contribution in [1.82, 2.24) is 4.90 Å². The van der Waals surface area contributed by atoms with Gasteiger partial charge in [0.15, 0.2) is 0 Å². The molecule has 0 spiro atoms. The van der Waals surface area contributed by atoms with Crippen LogP contribution in [0.4, 0.5) is 14.5 Å². The molecule has 1 aliphatic carbocycles. The second-order valence-electron chi connectivity index (χ2n) is 9.62. The first-order valence-corrected chi connectivity index (χ1v) is 13.0. The van der Waals surface area contributed by atoms with Crippen molar-refractivity contribution in [2.75, 3.05) is 32.0 Å². The summed E-state index contributed by atoms with van der Waals surface area (Å²) in [5.74, 6) is 0.419. The zero-order valence-electron chi connectivity index (χ0n) is 20.3. The molecule has 1 unspecified atom stereocenters. The third-order valence-corrected chi connectivity index (χ3v) is 7.42. The maximum Gasteiger partial charge on any atom is 0.149 e. The van der Waals surface area contributed by atoms with Crippen molar-refractivity contribution in [2.45, 2.75) is 38.2 Å². The van der Waals surface area contributed by atoms with Crippen LogP contribution in [0.25, 0.3) is 11.1 Å². The van der Waals surface area contributed by atoms with Gasteiger partial charge in [-0.1, -0.05) is 41.9 Å². The van der Waals surface area contributed by atoms with Gasteiger partial charge in [0.25, 0.3) is 0 Å². The molecule has 3 aromatic rings. The summed E-state index contributed by atoms with van der Waals surface area (Å²) in [4.78, 5) is 2.25. The minimum Gasteiger partial charge on any atom is -0.489 e. The molecule has 2 aliphatic rings. The highest BCUT2D eigenvalue weighted by Crippen LogP contribution is 2.42. The number of aryl methyl sites for hydroxylation is 1. The smallest absolute Gasteiger partial charge is 0.149 e. The molecule has 1 heterocycles. The van der Waals surface area contributed by atoms with E-state index in [1.54, 1.807) is 12.1 Å². The number of ether oxygens (including phenoxy) is 1. The molecule has 0 radical (unpaired) electrons. The predicted octanol–water partition coefficient (Wildman–Crippen LogP) is 7.17. The van der Waals surface area contributed by atoms with E-state index in [1.807, 2.05) is 48.5 Å². The van der Waals surface area contributed by atoms with Crippen LogP contribution in [-0.2, 0) is 6.42 Å². The first kappa shape index (κ1) is 24.8. The first-order valence-electron chi connectivity index (χ1n) is 12.6. The standard InChI is InChI=1S/C30H31ClF2N2O/c31-28-7-2-6-27(30(28)33)26-5-1-4-21-18-22(34)10-13-25(21)29(26)20-8-11-23(12-9-20)36-24-14-17-35(19-24)16-3-15-32/h2,6-13,18,24H,1,3-5,14-17,19,34H2. The van der Waals surface area contributed by atoms with Gasteiger partial charge in [0, 0.05) is 30.9 Å². The summed E-state index contributed by atoms with van der Waals surface area (Å²) in [6.45, 7) is 2.25. The average molecular weight is 509 g/mol. The quantitative estimate of drug-likeness (QED) is 0.344. The van der Waals surface area contributed by atoms with E-state index in [4.69, 9.17) is 22.1 Å². The van der Waals surface area contributed by atoms with Crippen LogP contribution in [0.2, 0.25) is 5.02 Å². The molecule has 5 rings (SSSR count). The van der Waals surface area contributed by atoms with Crippen LogP contribution in [0.1, 0.15) is 47.9 Å². The maximum atomic E-state index is 15.2. The molecule has 0 saturated carbocycles. The first-order chi connectivity index (χ1) is 17.5. The number of nitrogens with two attached hydrogens (primary N) is 1. The number of halogens is 3. The Morgan fingerprint density at radius 3 is 2.67 bits per heavy atom. The van der Waals surface area contributed by atoms with Crippen LogP contribution in [0, 0.1) is 5.82 Å². The minimum absolute atomic E-state index is 0.104. The molecule has 0 bridgehead atoms. The molecule has 3 aromatic carbocycles. The van der Waals surface area contributed by atoms with E-state index in [9.17, 15) is 4.39 Å². The molecule has 0 aromatic heterocycles. The lowest BCUT2D eigenvalue weighted by atomic mass is 9.87. The number of nitrogen functional groups attached to an aromatic ring is 1. The van der Waals surface area contributed by atoms with Gasteiger partial charge in [0.05, 0.1) is 11.7 Å². The van der Waals surface area contributed by atoms with Gasteiger partial charge in [0.2, 0.25) is 0 Å². The zero-order chi connectivity index (χ0) is 25.1. The fraction of sp³-hybridized carbons (Fsp3) is 0.333. The predicted molar refractivity (Wildman–Crippen MR) is 144 cm³/mol. The van der Waals surface area contributed by atoms with E-state index in [0.717, 1.165) is 79.0 Å². The molecule has 6 heteroatoms. The lowest BCUT2D eigenvalue weighted by molar-refractivity contribution is 0.198. The number of alkyl halides is 1. The van der Waals surface area contributed by atoms with Crippen molar-refractivity contribution in [3.63, 3.8) is 0 Å². The van der Waals surface area contributed by atoms with E-state index < -0.39 is 0 Å². The fourth-order valence-corrected chi connectivity index (χ4v) is 5.59. The fourth-order valence-electron chi connectivity index (χ4n) is 5.42. The molecule has 1 fully saturated rings. The Labute approximate surface area is 216 Å². The molecule has 3 nitrogen and oxygen atoms in total. The van der Waals surface area contributed by atoms with Crippen LogP contribution in [0.15, 0.2) is 60.7 Å². The van der Waals surface area contributed by atoms with E-state index >= 15 is 4.39 Å². The maximum absolute atomic E-state index is 15.2. The lowest BCUT2D eigenvalue weighted by Gasteiger charge is -2.19. The molecule has 1 aliphatic heterocycles. The highest BCUT2D eigenvalue weighted by Gasteiger charge is 2.25. The summed E-state index contributed by atoms with van der Waals surface area (Å²) >= 11 is 6.18. The van der Waals surface area contributed by atoms with Crippen molar-refractivity contribution in [3.8, 4) is 5.75 Å². The minimum atomic E-state index is -0.385. The molecule has 36 heavy (non-hydrogen) atoms. The van der Waals surface area contributed by atoms with Crippen molar-refractivity contribution in [2.24, 2.45) is 0 Å². The molecule has 1 atom stereocenters. The van der Waals surface area contributed by atoms with Gasteiger partial charge >= 0.3 is 0 Å². The zero-order valence-corrected chi connectivity index (χ0v) is 21.0. The van der Waals surface area contributed by atoms with Gasteiger partial charge in [-0.3, -0.25) is 9.29 Å². The molecular formula is C30H31ClF2N2O. The van der Waals surface area contributed by atoms with Crippen LogP contribution >= 0.6 is 11.6 Å². The number of benzene rings is 3. The Morgan fingerprint density at radius 1 is 1.03 bits per heavy atom. The summed E-state index contributed by atoms with van der Waals surface area (Å²) in [5.41, 5.74) is 12.6. The van der Waals surface area contributed by atoms with Crippen LogP contribution in [-0.4, -0.2) is 37.3 Å². The Morgan fingerprint density at radius 2 is 1.86 bits per heavy atom. The largest absolute Gasteiger partial charge is 0.489 e. The van der Waals surface area contributed by atoms with Gasteiger partial charge < -0.3 is 10.5 Å². The third kappa shape index (κ3) is 5.28. The normalized spacial score (nSPS) is 18.2. The Kier molecular flexibility index (Phi) is 7.59. The molecule has 0 amide bonds. The molecule has 1 saturated heterocycles. The third-order valence-electron chi connectivity index (χ3n) is 7.13. The van der Waals surface area contributed by atoms with Crippen molar-refractivity contribution < 1.29 is 13.5 Å². The number of nitrogens with zero attached hydrogens (tertiary/aromatic N) is 1. The van der Waals surface area contributed by atoms with Gasteiger partial charge in [0.1, 0.15) is 17.7 Å². The average Bonchev–Trinajstić information content (AvgIpc) is 3.24. The van der Waals surface area contributed by atoms with Crippen molar-refractivity contribution in [3.05, 3.63) is 93.8 Å². The van der Waals surface area contributed by atoms with E-state index in [1.165, 1.54) is 5.56 Å². The van der Waals surface area contributed by atoms with E-state index in [0.29, 0.717) is 12.0 Å². The second-order valence-corrected chi connectivity index (χ2v) is 10.0. The topological polar surface area (TPSA) is 38.5 Å². The Bertz CT molecular complexity index is 1260. The monoisotopic (exact) mass is 508 g/mol. The number of rotatable bonds is 7. The Balaban J connectivity index is 1.50. The number of hydrogen-bond donors (Lipinski definition) is 1. The molecular weight excluding hydrogens is 478 g/mol. The summed E-state index contributed by atoms with van der Waals surface area (Å²) < 4.78 is 34.0. The number of fused-ring (bicyclic) bond motifs is 1. The summed E-state index contributed by atoms with van der Waals surface area (Å²) in [6, 6.07) is 19.2. The highest BCUT2D eigenvalue weighted by atomic mass is 35.5. The summed E-state index contributed by atoms with van der Waals surface area (Å²) in [5, 5.41) is 0.127. The molecule has 2 N–H and O–H groups in total. The Hall–Kier alpha value is -2.89. The molecule has 188 valence electrons. The number of hydrogen-bond acceptors (Lipinski definition) is 3. The second kappa shape index (κ2) is 11.0. The summed E-state index contributed by atoms with van der Waals surface area (Å²) in [6.07, 6.45) is 4.11. The number of anilines is 1.